The van der Waals surface area contributed by atoms with Crippen molar-refractivity contribution >= 4 is 17.5 Å². The predicted octanol–water partition coefficient (Wildman–Crippen LogP) is 1.21. The van der Waals surface area contributed by atoms with E-state index in [-0.39, 0.29) is 23.8 Å². The van der Waals surface area contributed by atoms with Crippen molar-refractivity contribution in [1.82, 2.24) is 15.1 Å². The van der Waals surface area contributed by atoms with E-state index in [2.05, 4.69) is 27.2 Å². The van der Waals surface area contributed by atoms with E-state index < -0.39 is 0 Å². The molecule has 1 aromatic rings. The molecule has 8 nitrogen and oxygen atoms in total. The fraction of sp³-hybridized carbons (Fsp3) is 0.652. The Morgan fingerprint density at radius 3 is 2.45 bits per heavy atom. The Kier molecular flexibility index (Phi) is 8.54. The van der Waals surface area contributed by atoms with Crippen LogP contribution in [0.25, 0.3) is 0 Å². The van der Waals surface area contributed by atoms with Gasteiger partial charge in [-0.15, -0.1) is 0 Å². The van der Waals surface area contributed by atoms with Crippen molar-refractivity contribution in [2.24, 2.45) is 5.92 Å². The first kappa shape index (κ1) is 23.3. The third-order valence-electron chi connectivity index (χ3n) is 6.47. The van der Waals surface area contributed by atoms with Crippen molar-refractivity contribution < 1.29 is 19.1 Å². The monoisotopic (exact) mass is 432 g/mol. The lowest BCUT2D eigenvalue weighted by Gasteiger charge is -2.38. The zero-order valence-corrected chi connectivity index (χ0v) is 19.0. The van der Waals surface area contributed by atoms with Gasteiger partial charge in [-0.2, -0.15) is 0 Å². The molecule has 1 aromatic carbocycles. The number of benzene rings is 1. The van der Waals surface area contributed by atoms with E-state index in [1.807, 2.05) is 19.1 Å². The van der Waals surface area contributed by atoms with E-state index in [9.17, 15) is 9.59 Å². The van der Waals surface area contributed by atoms with Crippen LogP contribution in [-0.4, -0.2) is 94.3 Å². The number of nitrogens with one attached hydrogen (secondary N) is 1. The van der Waals surface area contributed by atoms with Gasteiger partial charge >= 0.3 is 0 Å². The van der Waals surface area contributed by atoms with Gasteiger partial charge in [0.05, 0.1) is 19.6 Å². The van der Waals surface area contributed by atoms with Crippen LogP contribution in [-0.2, 0) is 14.3 Å². The number of rotatable bonds is 9. The van der Waals surface area contributed by atoms with Gasteiger partial charge < -0.3 is 24.6 Å². The van der Waals surface area contributed by atoms with E-state index in [1.165, 1.54) is 5.69 Å². The van der Waals surface area contributed by atoms with E-state index in [0.29, 0.717) is 32.5 Å². The second-order valence-corrected chi connectivity index (χ2v) is 8.28. The van der Waals surface area contributed by atoms with Gasteiger partial charge in [-0.05, 0) is 37.6 Å². The Bertz CT molecular complexity index is 719. The standard InChI is InChI=1S/C23H36N4O4/c1-18-21(8-9-22(28)27(18)16-17-30-2)23(29)24-10-11-25-12-14-26(15-13-25)19-4-6-20(31-3)7-5-19/h4-7,18,21H,8-17H2,1-3H3,(H,24,29). The maximum Gasteiger partial charge on any atom is 0.225 e. The summed E-state index contributed by atoms with van der Waals surface area (Å²) in [6, 6.07) is 8.09. The zero-order chi connectivity index (χ0) is 22.2. The van der Waals surface area contributed by atoms with Crippen molar-refractivity contribution in [1.29, 1.82) is 0 Å². The molecule has 2 aliphatic rings. The summed E-state index contributed by atoms with van der Waals surface area (Å²) in [5.41, 5.74) is 1.22. The highest BCUT2D eigenvalue weighted by Gasteiger charge is 2.36. The van der Waals surface area contributed by atoms with Gasteiger partial charge in [-0.25, -0.2) is 0 Å². The van der Waals surface area contributed by atoms with Crippen LogP contribution in [0.15, 0.2) is 24.3 Å². The van der Waals surface area contributed by atoms with Crippen LogP contribution in [0.2, 0.25) is 0 Å². The van der Waals surface area contributed by atoms with Crippen molar-refractivity contribution in [2.75, 3.05) is 71.5 Å². The smallest absolute Gasteiger partial charge is 0.225 e. The first-order valence-corrected chi connectivity index (χ1v) is 11.2. The molecule has 2 saturated heterocycles. The third-order valence-corrected chi connectivity index (χ3v) is 6.47. The molecule has 2 heterocycles. The Labute approximate surface area is 185 Å². The van der Waals surface area contributed by atoms with Crippen molar-refractivity contribution in [3.05, 3.63) is 24.3 Å². The Balaban J connectivity index is 1.39. The number of hydrogen-bond donors (Lipinski definition) is 1. The number of piperidine rings is 1. The fourth-order valence-corrected chi connectivity index (χ4v) is 4.47. The molecule has 0 bridgehead atoms. The zero-order valence-electron chi connectivity index (χ0n) is 19.0. The van der Waals surface area contributed by atoms with Gasteiger partial charge in [0.1, 0.15) is 5.75 Å². The molecule has 0 radical (unpaired) electrons. The van der Waals surface area contributed by atoms with E-state index >= 15 is 0 Å². The molecule has 2 amide bonds. The SMILES string of the molecule is COCCN1C(=O)CCC(C(=O)NCCN2CCN(c3ccc(OC)cc3)CC2)C1C. The molecule has 0 saturated carbocycles. The molecule has 2 unspecified atom stereocenters. The fourth-order valence-electron chi connectivity index (χ4n) is 4.47. The molecule has 8 heteroatoms. The molecule has 1 N–H and O–H groups in total. The topological polar surface area (TPSA) is 74.4 Å². The Hall–Kier alpha value is -2.32. The molecule has 0 aromatic heterocycles. The lowest BCUT2D eigenvalue weighted by molar-refractivity contribution is -0.143. The van der Waals surface area contributed by atoms with E-state index in [0.717, 1.165) is 38.5 Å². The highest BCUT2D eigenvalue weighted by molar-refractivity contribution is 5.84. The number of carbonyl (C=O) groups is 2. The molecule has 0 spiro atoms. The predicted molar refractivity (Wildman–Crippen MR) is 120 cm³/mol. The van der Waals surface area contributed by atoms with Gasteiger partial charge in [-0.1, -0.05) is 0 Å². The molecule has 2 atom stereocenters. The van der Waals surface area contributed by atoms with Crippen LogP contribution in [0.1, 0.15) is 19.8 Å². The second-order valence-electron chi connectivity index (χ2n) is 8.28. The number of nitrogens with zero attached hydrogens (tertiary/aromatic N) is 3. The molecule has 2 fully saturated rings. The molecule has 0 aliphatic carbocycles. The minimum absolute atomic E-state index is 0.0549. The number of piperazine rings is 1. The lowest BCUT2D eigenvalue weighted by Crippen LogP contribution is -2.53. The summed E-state index contributed by atoms with van der Waals surface area (Å²) in [5, 5.41) is 3.10. The first-order valence-electron chi connectivity index (χ1n) is 11.2. The lowest BCUT2D eigenvalue weighted by atomic mass is 9.89. The molecular weight excluding hydrogens is 396 g/mol. The van der Waals surface area contributed by atoms with Gasteiger partial charge in [0.15, 0.2) is 0 Å². The summed E-state index contributed by atoms with van der Waals surface area (Å²) in [6.07, 6.45) is 1.05. The molecule has 172 valence electrons. The number of anilines is 1. The Morgan fingerprint density at radius 2 is 1.81 bits per heavy atom. The number of carbonyl (C=O) groups excluding carboxylic acids is 2. The van der Waals surface area contributed by atoms with Gasteiger partial charge in [0.25, 0.3) is 0 Å². The summed E-state index contributed by atoms with van der Waals surface area (Å²) in [4.78, 5) is 31.5. The molecule has 3 rings (SSSR count). The average Bonchev–Trinajstić information content (AvgIpc) is 2.79. The maximum absolute atomic E-state index is 12.7. The second kappa shape index (κ2) is 11.3. The summed E-state index contributed by atoms with van der Waals surface area (Å²) in [5.74, 6) is 0.890. The van der Waals surface area contributed by atoms with Crippen molar-refractivity contribution in [3.63, 3.8) is 0 Å². The number of ether oxygens (including phenoxy) is 2. The third kappa shape index (κ3) is 6.11. The summed E-state index contributed by atoms with van der Waals surface area (Å²) in [7, 11) is 3.30. The van der Waals surface area contributed by atoms with Gasteiger partial charge in [0, 0.05) is 71.1 Å². The van der Waals surface area contributed by atoms with E-state index in [4.69, 9.17) is 9.47 Å². The van der Waals surface area contributed by atoms with Crippen molar-refractivity contribution in [2.45, 2.75) is 25.8 Å². The van der Waals surface area contributed by atoms with Crippen LogP contribution >= 0.6 is 0 Å². The average molecular weight is 433 g/mol. The molecule has 2 aliphatic heterocycles. The number of hydrogen-bond acceptors (Lipinski definition) is 6. The summed E-state index contributed by atoms with van der Waals surface area (Å²) >= 11 is 0. The largest absolute Gasteiger partial charge is 0.497 e. The number of likely N-dealkylation sites (tertiary alicyclic amines) is 1. The van der Waals surface area contributed by atoms with Crippen molar-refractivity contribution in [3.8, 4) is 5.75 Å². The minimum atomic E-state index is -0.151. The normalized spacial score (nSPS) is 22.5. The van der Waals surface area contributed by atoms with Crippen LogP contribution in [0.4, 0.5) is 5.69 Å². The Morgan fingerprint density at radius 1 is 1.10 bits per heavy atom. The molecular formula is C23H36N4O4. The van der Waals surface area contributed by atoms with Gasteiger partial charge in [-0.3, -0.25) is 14.5 Å². The van der Waals surface area contributed by atoms with Crippen LogP contribution in [0, 0.1) is 5.92 Å². The highest BCUT2D eigenvalue weighted by atomic mass is 16.5. The van der Waals surface area contributed by atoms with E-state index in [1.54, 1.807) is 19.1 Å². The van der Waals surface area contributed by atoms with Gasteiger partial charge in [0.2, 0.25) is 11.8 Å². The van der Waals surface area contributed by atoms with Crippen LogP contribution in [0.5, 0.6) is 5.75 Å². The number of amides is 2. The minimum Gasteiger partial charge on any atom is -0.497 e. The summed E-state index contributed by atoms with van der Waals surface area (Å²) in [6.45, 7) is 8.36. The maximum atomic E-state index is 12.7. The number of methoxy groups -OCH3 is 2. The molecule has 31 heavy (non-hydrogen) atoms. The van der Waals surface area contributed by atoms with Crippen LogP contribution < -0.4 is 15.0 Å². The van der Waals surface area contributed by atoms with Crippen LogP contribution in [0.3, 0.4) is 0 Å². The first-order chi connectivity index (χ1) is 15.0. The highest BCUT2D eigenvalue weighted by Crippen LogP contribution is 2.24. The summed E-state index contributed by atoms with van der Waals surface area (Å²) < 4.78 is 10.3. The quantitative estimate of drug-likeness (QED) is 0.632.